The molecular weight excluding hydrogens is 225 g/mol. The second kappa shape index (κ2) is 6.62. The Morgan fingerprint density at radius 2 is 2.00 bits per heavy atom. The summed E-state index contributed by atoms with van der Waals surface area (Å²) in [6.07, 6.45) is 3.90. The molecule has 0 atom stereocenters. The lowest BCUT2D eigenvalue weighted by Crippen LogP contribution is -1.95. The van der Waals surface area contributed by atoms with E-state index in [1.807, 2.05) is 35.0 Å². The van der Waals surface area contributed by atoms with Gasteiger partial charge in [-0.2, -0.15) is 0 Å². The lowest BCUT2D eigenvalue weighted by Gasteiger charge is -1.86. The molecule has 0 unspecified atom stereocenters. The first-order valence-electron chi connectivity index (χ1n) is 3.53. The summed E-state index contributed by atoms with van der Waals surface area (Å²) in [5.74, 6) is 0. The SMILES string of the molecule is Cl.Cl.NCc1cn2ccccc2n1.O. The Morgan fingerprint density at radius 3 is 2.57 bits per heavy atom. The standard InChI is InChI=1S/C8H9N3.2ClH.H2O/c9-5-7-6-11-4-2-1-3-8(11)10-7;;;/h1-4,6H,5,9H2;2*1H;1H2. The zero-order valence-corrected chi connectivity index (χ0v) is 9.02. The molecule has 0 fully saturated rings. The Labute approximate surface area is 94.3 Å². The van der Waals surface area contributed by atoms with Crippen LogP contribution in [0.5, 0.6) is 0 Å². The summed E-state index contributed by atoms with van der Waals surface area (Å²) in [7, 11) is 0. The molecule has 0 bridgehead atoms. The van der Waals surface area contributed by atoms with Crippen molar-refractivity contribution in [3.05, 3.63) is 36.3 Å². The lowest BCUT2D eigenvalue weighted by molar-refractivity contribution is 0.824. The molecular formula is C8H13Cl2N3O. The maximum absolute atomic E-state index is 5.44. The van der Waals surface area contributed by atoms with Gasteiger partial charge in [0.2, 0.25) is 0 Å². The summed E-state index contributed by atoms with van der Waals surface area (Å²) >= 11 is 0. The van der Waals surface area contributed by atoms with Gasteiger partial charge >= 0.3 is 0 Å². The molecule has 0 aliphatic heterocycles. The average Bonchev–Trinajstić information content (AvgIpc) is 2.46. The molecule has 0 saturated carbocycles. The molecule has 2 aromatic heterocycles. The number of hydrogen-bond acceptors (Lipinski definition) is 2. The molecule has 2 rings (SSSR count). The number of rotatable bonds is 1. The van der Waals surface area contributed by atoms with Crippen LogP contribution in [-0.2, 0) is 6.54 Å². The number of nitrogens with zero attached hydrogens (tertiary/aromatic N) is 2. The number of fused-ring (bicyclic) bond motifs is 1. The lowest BCUT2D eigenvalue weighted by atomic mass is 10.5. The fraction of sp³-hybridized carbons (Fsp3) is 0.125. The van der Waals surface area contributed by atoms with Gasteiger partial charge in [0.25, 0.3) is 0 Å². The first-order chi connectivity index (χ1) is 5.40. The molecule has 0 spiro atoms. The van der Waals surface area contributed by atoms with E-state index >= 15 is 0 Å². The van der Waals surface area contributed by atoms with E-state index in [-0.39, 0.29) is 30.3 Å². The number of halogens is 2. The van der Waals surface area contributed by atoms with E-state index in [1.54, 1.807) is 0 Å². The topological polar surface area (TPSA) is 74.8 Å². The van der Waals surface area contributed by atoms with Gasteiger partial charge < -0.3 is 15.6 Å². The molecule has 0 saturated heterocycles. The summed E-state index contributed by atoms with van der Waals surface area (Å²) in [5, 5.41) is 0. The molecule has 14 heavy (non-hydrogen) atoms. The predicted octanol–water partition coefficient (Wildman–Crippen LogP) is 0.812. The van der Waals surface area contributed by atoms with E-state index in [0.717, 1.165) is 11.3 Å². The van der Waals surface area contributed by atoms with Crippen molar-refractivity contribution in [2.24, 2.45) is 5.73 Å². The van der Waals surface area contributed by atoms with E-state index in [1.165, 1.54) is 0 Å². The van der Waals surface area contributed by atoms with Crippen LogP contribution in [0.15, 0.2) is 30.6 Å². The molecule has 6 heteroatoms. The highest BCUT2D eigenvalue weighted by molar-refractivity contribution is 5.85. The Morgan fingerprint density at radius 1 is 1.29 bits per heavy atom. The summed E-state index contributed by atoms with van der Waals surface area (Å²) in [6, 6.07) is 5.89. The van der Waals surface area contributed by atoms with Crippen molar-refractivity contribution in [2.45, 2.75) is 6.54 Å². The van der Waals surface area contributed by atoms with Gasteiger partial charge in [-0.05, 0) is 12.1 Å². The molecule has 0 radical (unpaired) electrons. The third-order valence-corrected chi connectivity index (χ3v) is 1.62. The third-order valence-electron chi connectivity index (χ3n) is 1.62. The molecule has 4 nitrogen and oxygen atoms in total. The van der Waals surface area contributed by atoms with E-state index in [0.29, 0.717) is 6.54 Å². The highest BCUT2D eigenvalue weighted by Gasteiger charge is 1.95. The van der Waals surface area contributed by atoms with Crippen LogP contribution in [0.1, 0.15) is 5.69 Å². The molecule has 80 valence electrons. The number of aromatic nitrogens is 2. The second-order valence-corrected chi connectivity index (χ2v) is 2.40. The van der Waals surface area contributed by atoms with Gasteiger partial charge in [-0.25, -0.2) is 4.98 Å². The molecule has 0 aliphatic rings. The zero-order chi connectivity index (χ0) is 7.68. The third kappa shape index (κ3) is 2.85. The number of nitrogens with two attached hydrogens (primary N) is 1. The van der Waals surface area contributed by atoms with Crippen molar-refractivity contribution in [3.8, 4) is 0 Å². The minimum absolute atomic E-state index is 0. The van der Waals surface area contributed by atoms with Gasteiger partial charge in [0.1, 0.15) is 5.65 Å². The van der Waals surface area contributed by atoms with Gasteiger partial charge in [0.15, 0.2) is 0 Å². The molecule has 0 amide bonds. The highest BCUT2D eigenvalue weighted by atomic mass is 35.5. The van der Waals surface area contributed by atoms with Crippen LogP contribution in [0.25, 0.3) is 5.65 Å². The fourth-order valence-electron chi connectivity index (χ4n) is 1.09. The quantitative estimate of drug-likeness (QED) is 0.798. The summed E-state index contributed by atoms with van der Waals surface area (Å²) < 4.78 is 1.96. The fourth-order valence-corrected chi connectivity index (χ4v) is 1.09. The van der Waals surface area contributed by atoms with Gasteiger partial charge in [-0.1, -0.05) is 6.07 Å². The molecule has 2 aromatic rings. The maximum Gasteiger partial charge on any atom is 0.137 e. The van der Waals surface area contributed by atoms with E-state index in [9.17, 15) is 0 Å². The van der Waals surface area contributed by atoms with Crippen LogP contribution in [0, 0.1) is 0 Å². The largest absolute Gasteiger partial charge is 0.412 e. The van der Waals surface area contributed by atoms with Crippen LogP contribution in [0.3, 0.4) is 0 Å². The van der Waals surface area contributed by atoms with Crippen LogP contribution in [0.2, 0.25) is 0 Å². The Kier molecular flexibility index (Phi) is 7.40. The van der Waals surface area contributed by atoms with Crippen LogP contribution in [0.4, 0.5) is 0 Å². The maximum atomic E-state index is 5.44. The van der Waals surface area contributed by atoms with Gasteiger partial charge in [-0.15, -0.1) is 24.8 Å². The Balaban J connectivity index is 0. The second-order valence-electron chi connectivity index (χ2n) is 2.40. The van der Waals surface area contributed by atoms with Gasteiger partial charge in [0, 0.05) is 18.9 Å². The van der Waals surface area contributed by atoms with Crippen LogP contribution >= 0.6 is 24.8 Å². The van der Waals surface area contributed by atoms with Crippen molar-refractivity contribution in [3.63, 3.8) is 0 Å². The number of hydrogen-bond donors (Lipinski definition) is 1. The first-order valence-corrected chi connectivity index (χ1v) is 3.53. The molecule has 0 aromatic carbocycles. The minimum Gasteiger partial charge on any atom is -0.412 e. The highest BCUT2D eigenvalue weighted by Crippen LogP contribution is 2.02. The van der Waals surface area contributed by atoms with Crippen molar-refractivity contribution in [2.75, 3.05) is 0 Å². The van der Waals surface area contributed by atoms with Crippen molar-refractivity contribution >= 4 is 30.5 Å². The molecule has 2 heterocycles. The monoisotopic (exact) mass is 237 g/mol. The molecule has 0 aliphatic carbocycles. The van der Waals surface area contributed by atoms with Crippen LogP contribution < -0.4 is 5.73 Å². The van der Waals surface area contributed by atoms with E-state index in [4.69, 9.17) is 5.73 Å². The number of pyridine rings is 1. The summed E-state index contributed by atoms with van der Waals surface area (Å²) in [4.78, 5) is 4.27. The average molecular weight is 238 g/mol. The van der Waals surface area contributed by atoms with Crippen molar-refractivity contribution in [1.29, 1.82) is 0 Å². The summed E-state index contributed by atoms with van der Waals surface area (Å²) in [5.41, 5.74) is 7.32. The normalized spacial score (nSPS) is 8.36. The Bertz CT molecular complexity index is 344. The predicted molar refractivity (Wildman–Crippen MR) is 61.2 cm³/mol. The van der Waals surface area contributed by atoms with E-state index < -0.39 is 0 Å². The number of imidazole rings is 1. The Hall–Kier alpha value is -0.810. The van der Waals surface area contributed by atoms with Crippen molar-refractivity contribution in [1.82, 2.24) is 9.38 Å². The zero-order valence-electron chi connectivity index (χ0n) is 7.38. The van der Waals surface area contributed by atoms with Crippen molar-refractivity contribution < 1.29 is 5.48 Å². The first kappa shape index (κ1) is 15.7. The van der Waals surface area contributed by atoms with Crippen LogP contribution in [-0.4, -0.2) is 14.9 Å². The minimum atomic E-state index is 0. The molecule has 4 N–H and O–H groups in total. The van der Waals surface area contributed by atoms with Gasteiger partial charge in [-0.3, -0.25) is 0 Å². The smallest absolute Gasteiger partial charge is 0.137 e. The summed E-state index contributed by atoms with van der Waals surface area (Å²) in [6.45, 7) is 0.502. The van der Waals surface area contributed by atoms with E-state index in [2.05, 4.69) is 4.98 Å². The van der Waals surface area contributed by atoms with Gasteiger partial charge in [0.05, 0.1) is 5.69 Å².